The summed E-state index contributed by atoms with van der Waals surface area (Å²) < 4.78 is 30.6. The lowest BCUT2D eigenvalue weighted by atomic mass is 10.3. The zero-order chi connectivity index (χ0) is 11.5. The summed E-state index contributed by atoms with van der Waals surface area (Å²) in [7, 11) is 0. The fourth-order valence-electron chi connectivity index (χ4n) is 1.03. The number of benzene rings is 1. The van der Waals surface area contributed by atoms with E-state index < -0.39 is 11.6 Å². The predicted octanol–water partition coefficient (Wildman–Crippen LogP) is 3.20. The van der Waals surface area contributed by atoms with Crippen LogP contribution in [0.2, 0.25) is 5.15 Å². The van der Waals surface area contributed by atoms with Crippen LogP contribution in [0.3, 0.4) is 0 Å². The molecule has 0 bridgehead atoms. The molecule has 0 N–H and O–H groups in total. The van der Waals surface area contributed by atoms with Crippen molar-refractivity contribution in [3.8, 4) is 11.6 Å². The van der Waals surface area contributed by atoms with Crippen LogP contribution in [0.15, 0.2) is 30.6 Å². The van der Waals surface area contributed by atoms with Crippen molar-refractivity contribution < 1.29 is 13.5 Å². The summed E-state index contributed by atoms with van der Waals surface area (Å²) in [6.07, 6.45) is 2.77. The SMILES string of the molecule is Fc1ccc(Oc2nccnc2Cl)cc1F. The smallest absolute Gasteiger partial charge is 0.257 e. The van der Waals surface area contributed by atoms with E-state index >= 15 is 0 Å². The predicted molar refractivity (Wildman–Crippen MR) is 53.5 cm³/mol. The van der Waals surface area contributed by atoms with Crippen molar-refractivity contribution in [1.82, 2.24) is 9.97 Å². The van der Waals surface area contributed by atoms with Crippen molar-refractivity contribution >= 4 is 11.6 Å². The molecule has 1 heterocycles. The molecule has 0 spiro atoms. The number of nitrogens with zero attached hydrogens (tertiary/aromatic N) is 2. The van der Waals surface area contributed by atoms with Crippen LogP contribution < -0.4 is 4.74 Å². The highest BCUT2D eigenvalue weighted by Gasteiger charge is 2.07. The molecule has 6 heteroatoms. The molecule has 0 aliphatic carbocycles. The molecule has 0 unspecified atom stereocenters. The molecule has 0 radical (unpaired) electrons. The van der Waals surface area contributed by atoms with E-state index in [1.165, 1.54) is 18.5 Å². The third kappa shape index (κ3) is 2.25. The minimum Gasteiger partial charge on any atom is -0.436 e. The third-order valence-electron chi connectivity index (χ3n) is 1.73. The Balaban J connectivity index is 2.28. The quantitative estimate of drug-likeness (QED) is 0.811. The van der Waals surface area contributed by atoms with E-state index in [0.29, 0.717) is 0 Å². The Kier molecular flexibility index (Phi) is 2.96. The maximum Gasteiger partial charge on any atom is 0.257 e. The molecule has 0 saturated carbocycles. The third-order valence-corrected chi connectivity index (χ3v) is 1.99. The van der Waals surface area contributed by atoms with Crippen LogP contribution in [-0.4, -0.2) is 9.97 Å². The Morgan fingerprint density at radius 2 is 1.81 bits per heavy atom. The first-order valence-corrected chi connectivity index (χ1v) is 4.64. The van der Waals surface area contributed by atoms with Gasteiger partial charge in [0.15, 0.2) is 16.8 Å². The minimum absolute atomic E-state index is 0.0372. The van der Waals surface area contributed by atoms with E-state index in [2.05, 4.69) is 9.97 Å². The number of hydrogen-bond acceptors (Lipinski definition) is 3. The Hall–Kier alpha value is -1.75. The molecule has 0 aliphatic rings. The van der Waals surface area contributed by atoms with Gasteiger partial charge in [0.25, 0.3) is 5.88 Å². The molecule has 0 atom stereocenters. The molecule has 0 saturated heterocycles. The molecule has 2 aromatic rings. The van der Waals surface area contributed by atoms with Gasteiger partial charge < -0.3 is 4.74 Å². The Labute approximate surface area is 94.7 Å². The Morgan fingerprint density at radius 1 is 1.06 bits per heavy atom. The van der Waals surface area contributed by atoms with Crippen molar-refractivity contribution in [2.45, 2.75) is 0 Å². The van der Waals surface area contributed by atoms with Gasteiger partial charge >= 0.3 is 0 Å². The lowest BCUT2D eigenvalue weighted by molar-refractivity contribution is 0.446. The highest BCUT2D eigenvalue weighted by molar-refractivity contribution is 6.30. The molecular formula is C10H5ClF2N2O. The molecule has 1 aromatic carbocycles. The van der Waals surface area contributed by atoms with Gasteiger partial charge in [-0.1, -0.05) is 11.6 Å². The topological polar surface area (TPSA) is 35.0 Å². The van der Waals surface area contributed by atoms with Gasteiger partial charge in [0.05, 0.1) is 0 Å². The van der Waals surface area contributed by atoms with Crippen molar-refractivity contribution in [2.24, 2.45) is 0 Å². The summed E-state index contributed by atoms with van der Waals surface area (Å²) in [5.74, 6) is -1.81. The Morgan fingerprint density at radius 3 is 2.50 bits per heavy atom. The standard InChI is InChI=1S/C10H5ClF2N2O/c11-9-10(15-4-3-14-9)16-6-1-2-7(12)8(13)5-6/h1-5H. The molecule has 2 rings (SSSR count). The van der Waals surface area contributed by atoms with Crippen LogP contribution in [0, 0.1) is 11.6 Å². The summed E-state index contributed by atoms with van der Waals surface area (Å²) in [5, 5.41) is 0.0484. The van der Waals surface area contributed by atoms with Crippen LogP contribution in [-0.2, 0) is 0 Å². The van der Waals surface area contributed by atoms with Gasteiger partial charge in [-0.3, -0.25) is 0 Å². The monoisotopic (exact) mass is 242 g/mol. The molecule has 0 fully saturated rings. The average Bonchev–Trinajstić information content (AvgIpc) is 2.27. The van der Waals surface area contributed by atoms with E-state index in [1.807, 2.05) is 0 Å². The van der Waals surface area contributed by atoms with E-state index in [4.69, 9.17) is 16.3 Å². The van der Waals surface area contributed by atoms with Crippen LogP contribution in [0.1, 0.15) is 0 Å². The van der Waals surface area contributed by atoms with Gasteiger partial charge in [-0.2, -0.15) is 0 Å². The fourth-order valence-corrected chi connectivity index (χ4v) is 1.17. The van der Waals surface area contributed by atoms with Gasteiger partial charge in [0, 0.05) is 18.5 Å². The van der Waals surface area contributed by atoms with Crippen molar-refractivity contribution in [3.05, 3.63) is 47.4 Å². The number of hydrogen-bond donors (Lipinski definition) is 0. The normalized spacial score (nSPS) is 10.2. The highest BCUT2D eigenvalue weighted by Crippen LogP contribution is 2.25. The molecule has 0 amide bonds. The first-order valence-electron chi connectivity index (χ1n) is 4.26. The summed E-state index contributed by atoms with van der Waals surface area (Å²) in [6, 6.07) is 3.12. The first kappa shape index (κ1) is 10.8. The van der Waals surface area contributed by atoms with Crippen LogP contribution in [0.5, 0.6) is 11.6 Å². The first-order chi connectivity index (χ1) is 7.66. The van der Waals surface area contributed by atoms with E-state index in [0.717, 1.165) is 12.1 Å². The molecular weight excluding hydrogens is 238 g/mol. The summed E-state index contributed by atoms with van der Waals surface area (Å²) >= 11 is 5.68. The largest absolute Gasteiger partial charge is 0.436 e. The maximum atomic E-state index is 12.9. The maximum absolute atomic E-state index is 12.9. The van der Waals surface area contributed by atoms with Crippen molar-refractivity contribution in [1.29, 1.82) is 0 Å². The van der Waals surface area contributed by atoms with Crippen LogP contribution in [0.4, 0.5) is 8.78 Å². The van der Waals surface area contributed by atoms with Crippen molar-refractivity contribution in [2.75, 3.05) is 0 Å². The van der Waals surface area contributed by atoms with Crippen molar-refractivity contribution in [3.63, 3.8) is 0 Å². The zero-order valence-electron chi connectivity index (χ0n) is 7.82. The molecule has 16 heavy (non-hydrogen) atoms. The van der Waals surface area contributed by atoms with E-state index in [9.17, 15) is 8.78 Å². The summed E-state index contributed by atoms with van der Waals surface area (Å²) in [4.78, 5) is 7.52. The number of rotatable bonds is 2. The highest BCUT2D eigenvalue weighted by atomic mass is 35.5. The van der Waals surface area contributed by atoms with Gasteiger partial charge in [0.2, 0.25) is 0 Å². The average molecular weight is 243 g/mol. The lowest BCUT2D eigenvalue weighted by Gasteiger charge is -2.05. The lowest BCUT2D eigenvalue weighted by Crippen LogP contribution is -1.92. The zero-order valence-corrected chi connectivity index (χ0v) is 8.58. The summed E-state index contributed by atoms with van der Waals surface area (Å²) in [6.45, 7) is 0. The molecule has 1 aromatic heterocycles. The number of ether oxygens (including phenoxy) is 1. The molecule has 0 aliphatic heterocycles. The van der Waals surface area contributed by atoms with Gasteiger partial charge in [-0.15, -0.1) is 0 Å². The molecule has 82 valence electrons. The summed E-state index contributed by atoms with van der Waals surface area (Å²) in [5.41, 5.74) is 0. The van der Waals surface area contributed by atoms with E-state index in [-0.39, 0.29) is 16.8 Å². The minimum atomic E-state index is -1.00. The van der Waals surface area contributed by atoms with Gasteiger partial charge in [-0.05, 0) is 12.1 Å². The number of halogens is 3. The van der Waals surface area contributed by atoms with Crippen LogP contribution in [0.25, 0.3) is 0 Å². The Bertz CT molecular complexity index is 522. The second-order valence-electron chi connectivity index (χ2n) is 2.83. The number of aromatic nitrogens is 2. The molecule has 3 nitrogen and oxygen atoms in total. The fraction of sp³-hybridized carbons (Fsp3) is 0. The second-order valence-corrected chi connectivity index (χ2v) is 3.19. The second kappa shape index (κ2) is 4.40. The van der Waals surface area contributed by atoms with Gasteiger partial charge in [-0.25, -0.2) is 18.7 Å². The van der Waals surface area contributed by atoms with Crippen LogP contribution >= 0.6 is 11.6 Å². The van der Waals surface area contributed by atoms with Gasteiger partial charge in [0.1, 0.15) is 5.75 Å². The van der Waals surface area contributed by atoms with E-state index in [1.54, 1.807) is 0 Å².